The van der Waals surface area contributed by atoms with Gasteiger partial charge in [-0.3, -0.25) is 4.99 Å². The van der Waals surface area contributed by atoms with Crippen molar-refractivity contribution in [2.45, 2.75) is 74.3 Å². The molecule has 2 unspecified atom stereocenters. The quantitative estimate of drug-likeness (QED) is 0.646. The lowest BCUT2D eigenvalue weighted by Crippen LogP contribution is -2.30. The van der Waals surface area contributed by atoms with Crippen molar-refractivity contribution in [3.8, 4) is 0 Å². The molecule has 110 valence electrons. The minimum atomic E-state index is 0.111. The molecule has 19 heavy (non-hydrogen) atoms. The number of nitrogens with zero attached hydrogens (tertiary/aromatic N) is 2. The first-order chi connectivity index (χ1) is 8.70. The Morgan fingerprint density at radius 3 is 2.11 bits per heavy atom. The van der Waals surface area contributed by atoms with Crippen LogP contribution in [0.3, 0.4) is 0 Å². The lowest BCUT2D eigenvalue weighted by atomic mass is 9.85. The summed E-state index contributed by atoms with van der Waals surface area (Å²) in [6.45, 7) is 18.2. The summed E-state index contributed by atoms with van der Waals surface area (Å²) in [5.74, 6) is 2.76. The molecule has 2 heteroatoms. The normalized spacial score (nSPS) is 21.9. The molecule has 0 aromatic carbocycles. The van der Waals surface area contributed by atoms with Gasteiger partial charge in [0.2, 0.25) is 0 Å². The van der Waals surface area contributed by atoms with Crippen LogP contribution in [0, 0.1) is 23.2 Å². The molecule has 1 aliphatic heterocycles. The van der Waals surface area contributed by atoms with Gasteiger partial charge in [0.1, 0.15) is 5.84 Å². The molecule has 0 amide bonds. The molecule has 2 atom stereocenters. The molecule has 0 N–H and O–H groups in total. The third-order valence-corrected chi connectivity index (χ3v) is 4.38. The van der Waals surface area contributed by atoms with Crippen LogP contribution in [0.15, 0.2) is 9.98 Å². The summed E-state index contributed by atoms with van der Waals surface area (Å²) >= 11 is 0. The number of amidine groups is 1. The Morgan fingerprint density at radius 1 is 1.11 bits per heavy atom. The van der Waals surface area contributed by atoms with Gasteiger partial charge in [0.15, 0.2) is 0 Å². The van der Waals surface area contributed by atoms with Crippen molar-refractivity contribution in [1.82, 2.24) is 0 Å². The molecule has 0 spiro atoms. The largest absolute Gasteiger partial charge is 0.260 e. The number of hydrogen-bond donors (Lipinski definition) is 0. The van der Waals surface area contributed by atoms with E-state index in [0.29, 0.717) is 23.8 Å². The maximum Gasteiger partial charge on any atom is 0.129 e. The van der Waals surface area contributed by atoms with E-state index in [2.05, 4.69) is 55.4 Å². The van der Waals surface area contributed by atoms with E-state index in [4.69, 9.17) is 9.98 Å². The molecule has 0 radical (unpaired) electrons. The first kappa shape index (κ1) is 16.4. The van der Waals surface area contributed by atoms with Gasteiger partial charge in [0.05, 0.1) is 6.04 Å². The van der Waals surface area contributed by atoms with Crippen molar-refractivity contribution < 1.29 is 0 Å². The standard InChI is InChI=1S/C17H32N2/c1-9-10-17(7,8)16-18-14(12(4)5)15(19-16)13(6)11(2)3/h11-14H,9-10H2,1-8H3. The maximum atomic E-state index is 4.98. The molecular weight excluding hydrogens is 232 g/mol. The Balaban J connectivity index is 3.06. The summed E-state index contributed by atoms with van der Waals surface area (Å²) in [5, 5.41) is 0. The minimum Gasteiger partial charge on any atom is -0.260 e. The third-order valence-electron chi connectivity index (χ3n) is 4.38. The van der Waals surface area contributed by atoms with Crippen molar-refractivity contribution in [3.05, 3.63) is 0 Å². The summed E-state index contributed by atoms with van der Waals surface area (Å²) in [6, 6.07) is 0.295. The lowest BCUT2D eigenvalue weighted by molar-refractivity contribution is 0.462. The fourth-order valence-electron chi connectivity index (χ4n) is 2.68. The fourth-order valence-corrected chi connectivity index (χ4v) is 2.68. The molecule has 0 aromatic heterocycles. The summed E-state index contributed by atoms with van der Waals surface area (Å²) in [4.78, 5) is 9.94. The molecule has 0 fully saturated rings. The van der Waals surface area contributed by atoms with Gasteiger partial charge in [-0.25, -0.2) is 4.99 Å². The second-order valence-corrected chi connectivity index (χ2v) is 7.34. The molecule has 0 aliphatic carbocycles. The second-order valence-electron chi connectivity index (χ2n) is 7.34. The van der Waals surface area contributed by atoms with Crippen LogP contribution in [-0.2, 0) is 0 Å². The Labute approximate surface area is 119 Å². The topological polar surface area (TPSA) is 24.7 Å². The Hall–Kier alpha value is -0.660. The predicted molar refractivity (Wildman–Crippen MR) is 86.2 cm³/mol. The van der Waals surface area contributed by atoms with Crippen LogP contribution in [0.4, 0.5) is 0 Å². The minimum absolute atomic E-state index is 0.111. The van der Waals surface area contributed by atoms with E-state index < -0.39 is 0 Å². The zero-order valence-electron chi connectivity index (χ0n) is 14.1. The Morgan fingerprint density at radius 2 is 1.68 bits per heavy atom. The number of aliphatic imine (C=N–C) groups is 2. The Kier molecular flexibility index (Phi) is 5.34. The van der Waals surface area contributed by atoms with Crippen molar-refractivity contribution >= 4 is 11.5 Å². The maximum absolute atomic E-state index is 4.98. The van der Waals surface area contributed by atoms with Gasteiger partial charge in [-0.15, -0.1) is 0 Å². The summed E-state index contributed by atoms with van der Waals surface area (Å²) in [6.07, 6.45) is 2.34. The highest BCUT2D eigenvalue weighted by molar-refractivity contribution is 6.08. The zero-order chi connectivity index (χ0) is 14.8. The van der Waals surface area contributed by atoms with E-state index >= 15 is 0 Å². The van der Waals surface area contributed by atoms with Gasteiger partial charge in [-0.05, 0) is 24.2 Å². The van der Waals surface area contributed by atoms with E-state index in [-0.39, 0.29) is 5.41 Å². The third kappa shape index (κ3) is 3.67. The van der Waals surface area contributed by atoms with E-state index in [1.165, 1.54) is 12.1 Å². The average molecular weight is 264 g/mol. The fraction of sp³-hybridized carbons (Fsp3) is 0.882. The molecule has 0 saturated carbocycles. The summed E-state index contributed by atoms with van der Waals surface area (Å²) in [7, 11) is 0. The molecule has 0 bridgehead atoms. The van der Waals surface area contributed by atoms with Crippen molar-refractivity contribution in [3.63, 3.8) is 0 Å². The van der Waals surface area contributed by atoms with Gasteiger partial charge < -0.3 is 0 Å². The van der Waals surface area contributed by atoms with E-state index in [1.807, 2.05) is 0 Å². The highest BCUT2D eigenvalue weighted by Crippen LogP contribution is 2.32. The van der Waals surface area contributed by atoms with E-state index in [9.17, 15) is 0 Å². The van der Waals surface area contributed by atoms with Crippen LogP contribution in [-0.4, -0.2) is 17.6 Å². The van der Waals surface area contributed by atoms with Crippen molar-refractivity contribution in [1.29, 1.82) is 0 Å². The van der Waals surface area contributed by atoms with Crippen LogP contribution in [0.5, 0.6) is 0 Å². The van der Waals surface area contributed by atoms with Crippen LogP contribution < -0.4 is 0 Å². The van der Waals surface area contributed by atoms with Crippen molar-refractivity contribution in [2.24, 2.45) is 33.2 Å². The molecule has 0 aromatic rings. The summed E-state index contributed by atoms with van der Waals surface area (Å²) < 4.78 is 0. The van der Waals surface area contributed by atoms with Crippen LogP contribution >= 0.6 is 0 Å². The summed E-state index contributed by atoms with van der Waals surface area (Å²) in [5.41, 5.74) is 1.42. The average Bonchev–Trinajstić information content (AvgIpc) is 2.73. The zero-order valence-corrected chi connectivity index (χ0v) is 14.1. The molecular formula is C17H32N2. The van der Waals surface area contributed by atoms with Gasteiger partial charge in [0.25, 0.3) is 0 Å². The van der Waals surface area contributed by atoms with E-state index in [1.54, 1.807) is 0 Å². The van der Waals surface area contributed by atoms with Crippen LogP contribution in [0.25, 0.3) is 0 Å². The predicted octanol–water partition coefficient (Wildman–Crippen LogP) is 4.98. The van der Waals surface area contributed by atoms with Crippen molar-refractivity contribution in [2.75, 3.05) is 0 Å². The van der Waals surface area contributed by atoms with Crippen LogP contribution in [0.1, 0.15) is 68.2 Å². The first-order valence-electron chi connectivity index (χ1n) is 7.87. The first-order valence-corrected chi connectivity index (χ1v) is 7.87. The van der Waals surface area contributed by atoms with Crippen LogP contribution in [0.2, 0.25) is 0 Å². The highest BCUT2D eigenvalue weighted by atomic mass is 15.0. The smallest absolute Gasteiger partial charge is 0.129 e. The molecule has 2 nitrogen and oxygen atoms in total. The van der Waals surface area contributed by atoms with Gasteiger partial charge in [-0.2, -0.15) is 0 Å². The molecule has 0 saturated heterocycles. The second kappa shape index (κ2) is 6.19. The van der Waals surface area contributed by atoms with E-state index in [0.717, 1.165) is 12.3 Å². The molecule has 1 rings (SSSR count). The van der Waals surface area contributed by atoms with Gasteiger partial charge >= 0.3 is 0 Å². The number of rotatable bonds is 6. The molecule has 1 aliphatic rings. The van der Waals surface area contributed by atoms with Gasteiger partial charge in [0, 0.05) is 11.1 Å². The molecule has 1 heterocycles. The SMILES string of the molecule is CCCC(C)(C)C1=NC(C(C)C)C(C(C)C(C)C)=N1. The van der Waals surface area contributed by atoms with Gasteiger partial charge in [-0.1, -0.05) is 61.8 Å². The monoisotopic (exact) mass is 264 g/mol. The Bertz CT molecular complexity index is 361. The highest BCUT2D eigenvalue weighted by Gasteiger charge is 2.35. The number of hydrogen-bond acceptors (Lipinski definition) is 2. The lowest BCUT2D eigenvalue weighted by Gasteiger charge is -2.22.